The fourth-order valence-corrected chi connectivity index (χ4v) is 3.60. The lowest BCUT2D eigenvalue weighted by atomic mass is 10.0. The van der Waals surface area contributed by atoms with Gasteiger partial charge >= 0.3 is 0 Å². The Labute approximate surface area is 163 Å². The van der Waals surface area contributed by atoms with E-state index < -0.39 is 0 Å². The minimum Gasteiger partial charge on any atom is -0.497 e. The molecule has 2 aromatic carbocycles. The fraction of sp³-hybridized carbons (Fsp3) is 0.273. The first-order valence-corrected chi connectivity index (χ1v) is 9.46. The van der Waals surface area contributed by atoms with Crippen LogP contribution in [0.15, 0.2) is 54.6 Å². The van der Waals surface area contributed by atoms with E-state index in [0.717, 1.165) is 29.5 Å². The average molecular weight is 377 g/mol. The number of aromatic nitrogens is 1. The Morgan fingerprint density at radius 3 is 2.54 bits per heavy atom. The summed E-state index contributed by atoms with van der Waals surface area (Å²) >= 11 is 0. The predicted octanol–water partition coefficient (Wildman–Crippen LogP) is 3.21. The van der Waals surface area contributed by atoms with Gasteiger partial charge < -0.3 is 19.9 Å². The Morgan fingerprint density at radius 2 is 1.82 bits per heavy atom. The van der Waals surface area contributed by atoms with Gasteiger partial charge in [-0.3, -0.25) is 9.59 Å². The number of piperidine rings is 1. The second-order valence-corrected chi connectivity index (χ2v) is 7.04. The normalized spacial score (nSPS) is 14.8. The molecule has 0 aliphatic carbocycles. The summed E-state index contributed by atoms with van der Waals surface area (Å²) in [5.74, 6) is 0.682. The summed E-state index contributed by atoms with van der Waals surface area (Å²) in [6, 6.07) is 16.9. The molecule has 3 aromatic rings. The van der Waals surface area contributed by atoms with Crippen molar-refractivity contribution < 1.29 is 14.3 Å². The van der Waals surface area contributed by atoms with Gasteiger partial charge in [0.15, 0.2) is 0 Å². The van der Waals surface area contributed by atoms with E-state index in [2.05, 4.69) is 10.3 Å². The first-order valence-electron chi connectivity index (χ1n) is 9.46. The molecule has 0 bridgehead atoms. The molecule has 1 aliphatic heterocycles. The van der Waals surface area contributed by atoms with Crippen LogP contribution in [0.3, 0.4) is 0 Å². The number of amides is 2. The molecule has 0 unspecified atom stereocenters. The van der Waals surface area contributed by atoms with Gasteiger partial charge in [0.1, 0.15) is 11.4 Å². The maximum atomic E-state index is 12.9. The number of nitrogens with one attached hydrogen (secondary N) is 2. The van der Waals surface area contributed by atoms with Gasteiger partial charge in [-0.1, -0.05) is 18.2 Å². The lowest BCUT2D eigenvalue weighted by molar-refractivity contribution is 0.0693. The third kappa shape index (κ3) is 3.71. The molecule has 0 atom stereocenters. The third-order valence-corrected chi connectivity index (χ3v) is 5.21. The van der Waals surface area contributed by atoms with Crippen LogP contribution in [0.1, 0.15) is 33.7 Å². The number of carbonyl (C=O) groups is 2. The minimum absolute atomic E-state index is 0.0111. The van der Waals surface area contributed by atoms with Gasteiger partial charge in [-0.2, -0.15) is 0 Å². The van der Waals surface area contributed by atoms with E-state index in [1.165, 1.54) is 0 Å². The van der Waals surface area contributed by atoms with Crippen LogP contribution in [0, 0.1) is 0 Å². The smallest absolute Gasteiger partial charge is 0.270 e. The van der Waals surface area contributed by atoms with Gasteiger partial charge in [-0.25, -0.2) is 0 Å². The molecule has 0 spiro atoms. The number of benzene rings is 2. The van der Waals surface area contributed by atoms with E-state index in [1.807, 2.05) is 47.4 Å². The molecule has 1 saturated heterocycles. The first-order chi connectivity index (χ1) is 13.6. The SMILES string of the molecule is COc1ccc2cc(C(=O)N3CCC(NC(=O)c4ccccc4)CC3)[nH]c2c1. The topological polar surface area (TPSA) is 74.4 Å². The van der Waals surface area contributed by atoms with Crippen LogP contribution in [0.2, 0.25) is 0 Å². The van der Waals surface area contributed by atoms with Crippen molar-refractivity contribution in [2.24, 2.45) is 0 Å². The molecule has 1 aromatic heterocycles. The summed E-state index contributed by atoms with van der Waals surface area (Å²) in [6.07, 6.45) is 1.50. The van der Waals surface area contributed by atoms with Crippen molar-refractivity contribution in [3.63, 3.8) is 0 Å². The Kier molecular flexibility index (Phi) is 5.02. The van der Waals surface area contributed by atoms with Crippen molar-refractivity contribution in [3.05, 3.63) is 65.9 Å². The zero-order valence-corrected chi connectivity index (χ0v) is 15.8. The van der Waals surface area contributed by atoms with Crippen LogP contribution in [0.25, 0.3) is 10.9 Å². The number of methoxy groups -OCH3 is 1. The lowest BCUT2D eigenvalue weighted by Gasteiger charge is -2.32. The second-order valence-electron chi connectivity index (χ2n) is 7.04. The van der Waals surface area contributed by atoms with Crippen LogP contribution >= 0.6 is 0 Å². The highest BCUT2D eigenvalue weighted by molar-refractivity contribution is 5.98. The van der Waals surface area contributed by atoms with Crippen molar-refractivity contribution >= 4 is 22.7 Å². The molecule has 4 rings (SSSR count). The summed E-state index contributed by atoms with van der Waals surface area (Å²) in [6.45, 7) is 1.24. The monoisotopic (exact) mass is 377 g/mol. The zero-order valence-electron chi connectivity index (χ0n) is 15.8. The molecule has 2 heterocycles. The highest BCUT2D eigenvalue weighted by atomic mass is 16.5. The van der Waals surface area contributed by atoms with Crippen molar-refractivity contribution in [1.82, 2.24) is 15.2 Å². The van der Waals surface area contributed by atoms with Crippen molar-refractivity contribution in [3.8, 4) is 5.75 Å². The van der Waals surface area contributed by atoms with Crippen LogP contribution in [0.4, 0.5) is 0 Å². The van der Waals surface area contributed by atoms with Crippen molar-refractivity contribution in [1.29, 1.82) is 0 Å². The maximum Gasteiger partial charge on any atom is 0.270 e. The number of likely N-dealkylation sites (tertiary alicyclic amines) is 1. The number of H-pyrrole nitrogens is 1. The van der Waals surface area contributed by atoms with Crippen molar-refractivity contribution in [2.75, 3.05) is 20.2 Å². The Bertz CT molecular complexity index is 989. The molecular formula is C22H23N3O3. The molecular weight excluding hydrogens is 354 g/mol. The Balaban J connectivity index is 1.37. The highest BCUT2D eigenvalue weighted by Gasteiger charge is 2.25. The van der Waals surface area contributed by atoms with Gasteiger partial charge in [0.2, 0.25) is 0 Å². The molecule has 144 valence electrons. The predicted molar refractivity (Wildman–Crippen MR) is 108 cm³/mol. The van der Waals surface area contributed by atoms with E-state index in [1.54, 1.807) is 19.2 Å². The largest absolute Gasteiger partial charge is 0.497 e. The van der Waals surface area contributed by atoms with Gasteiger partial charge in [0.25, 0.3) is 11.8 Å². The summed E-state index contributed by atoms with van der Waals surface area (Å²) in [4.78, 5) is 30.2. The molecule has 0 saturated carbocycles. The number of carbonyl (C=O) groups excluding carboxylic acids is 2. The van der Waals surface area contributed by atoms with Gasteiger partial charge in [0, 0.05) is 41.7 Å². The van der Waals surface area contributed by atoms with E-state index in [9.17, 15) is 9.59 Å². The van der Waals surface area contributed by atoms with Gasteiger partial charge in [-0.05, 0) is 43.2 Å². The number of hydrogen-bond donors (Lipinski definition) is 2. The van der Waals surface area contributed by atoms with Crippen molar-refractivity contribution in [2.45, 2.75) is 18.9 Å². The summed E-state index contributed by atoms with van der Waals surface area (Å²) in [5.41, 5.74) is 2.12. The first kappa shape index (κ1) is 18.1. The maximum absolute atomic E-state index is 12.9. The average Bonchev–Trinajstić information content (AvgIpc) is 3.17. The number of hydrogen-bond acceptors (Lipinski definition) is 3. The highest BCUT2D eigenvalue weighted by Crippen LogP contribution is 2.23. The number of ether oxygens (including phenoxy) is 1. The van der Waals surface area contributed by atoms with E-state index in [4.69, 9.17) is 4.74 Å². The van der Waals surface area contributed by atoms with Crippen LogP contribution in [0.5, 0.6) is 5.75 Å². The molecule has 2 amide bonds. The summed E-state index contributed by atoms with van der Waals surface area (Å²) < 4.78 is 5.23. The molecule has 1 fully saturated rings. The molecule has 6 nitrogen and oxygen atoms in total. The number of nitrogens with zero attached hydrogens (tertiary/aromatic N) is 1. The van der Waals surface area contributed by atoms with E-state index >= 15 is 0 Å². The third-order valence-electron chi connectivity index (χ3n) is 5.21. The van der Waals surface area contributed by atoms with Crippen LogP contribution < -0.4 is 10.1 Å². The summed E-state index contributed by atoms with van der Waals surface area (Å²) in [7, 11) is 1.62. The Hall–Kier alpha value is -3.28. The number of fused-ring (bicyclic) bond motifs is 1. The lowest BCUT2D eigenvalue weighted by Crippen LogP contribution is -2.46. The summed E-state index contributed by atoms with van der Waals surface area (Å²) in [5, 5.41) is 4.05. The second kappa shape index (κ2) is 7.76. The fourth-order valence-electron chi connectivity index (χ4n) is 3.60. The zero-order chi connectivity index (χ0) is 19.5. The number of aromatic amines is 1. The Morgan fingerprint density at radius 1 is 1.07 bits per heavy atom. The molecule has 2 N–H and O–H groups in total. The molecule has 1 aliphatic rings. The molecule has 6 heteroatoms. The number of rotatable bonds is 4. The van der Waals surface area contributed by atoms with Gasteiger partial charge in [-0.15, -0.1) is 0 Å². The molecule has 0 radical (unpaired) electrons. The molecule has 28 heavy (non-hydrogen) atoms. The minimum atomic E-state index is -0.0602. The van der Waals surface area contributed by atoms with Gasteiger partial charge in [0.05, 0.1) is 7.11 Å². The van der Waals surface area contributed by atoms with Crippen LogP contribution in [-0.2, 0) is 0 Å². The van der Waals surface area contributed by atoms with E-state index in [-0.39, 0.29) is 17.9 Å². The van der Waals surface area contributed by atoms with Crippen LogP contribution in [-0.4, -0.2) is 47.9 Å². The standard InChI is InChI=1S/C22H23N3O3/c1-28-18-8-7-16-13-20(24-19(16)14-18)22(27)25-11-9-17(10-12-25)23-21(26)15-5-3-2-4-6-15/h2-8,13-14,17,24H,9-12H2,1H3,(H,23,26). The van der Waals surface area contributed by atoms with E-state index in [0.29, 0.717) is 24.3 Å². The quantitative estimate of drug-likeness (QED) is 0.733.